The standard InChI is InChI=1S/C22H27N3O4/c1-22(2,23)19(21(28)25-29)24-20(27)17-11-7-15(8-12-17)5-3-4-6-16-9-13-18(26)14-10-16/h7-8,11-12,16,18-19,26,29H,9-10,13-14,23H2,1-2H3,(H,24,27)(H,25,28)/t16?,18?,19-/m1/s1. The summed E-state index contributed by atoms with van der Waals surface area (Å²) < 4.78 is 0. The predicted molar refractivity (Wildman–Crippen MR) is 109 cm³/mol. The predicted octanol–water partition coefficient (Wildman–Crippen LogP) is 0.934. The van der Waals surface area contributed by atoms with Crippen molar-refractivity contribution in [1.29, 1.82) is 0 Å². The van der Waals surface area contributed by atoms with E-state index in [2.05, 4.69) is 29.0 Å². The van der Waals surface area contributed by atoms with Gasteiger partial charge in [0.2, 0.25) is 0 Å². The molecule has 1 saturated carbocycles. The molecule has 0 aromatic heterocycles. The smallest absolute Gasteiger partial charge is 0.267 e. The molecule has 1 aromatic rings. The number of carbonyl (C=O) groups is 2. The molecule has 7 heteroatoms. The van der Waals surface area contributed by atoms with Crippen molar-refractivity contribution in [3.63, 3.8) is 0 Å². The number of aliphatic hydroxyl groups excluding tert-OH is 1. The highest BCUT2D eigenvalue weighted by Gasteiger charge is 2.33. The van der Waals surface area contributed by atoms with E-state index in [0.717, 1.165) is 25.7 Å². The average Bonchev–Trinajstić information content (AvgIpc) is 2.69. The Kier molecular flexibility index (Phi) is 7.81. The molecule has 1 aliphatic rings. The van der Waals surface area contributed by atoms with Crippen LogP contribution >= 0.6 is 0 Å². The molecular weight excluding hydrogens is 370 g/mol. The summed E-state index contributed by atoms with van der Waals surface area (Å²) in [5, 5.41) is 20.9. The molecule has 1 aromatic carbocycles. The van der Waals surface area contributed by atoms with Crippen molar-refractivity contribution in [3.05, 3.63) is 35.4 Å². The fourth-order valence-electron chi connectivity index (χ4n) is 3.04. The second-order valence-corrected chi connectivity index (χ2v) is 7.81. The summed E-state index contributed by atoms with van der Waals surface area (Å²) in [5.41, 5.74) is 7.40. The van der Waals surface area contributed by atoms with E-state index in [4.69, 9.17) is 10.9 Å². The van der Waals surface area contributed by atoms with Crippen LogP contribution in [-0.2, 0) is 4.79 Å². The van der Waals surface area contributed by atoms with Crippen LogP contribution < -0.4 is 16.5 Å². The monoisotopic (exact) mass is 397 g/mol. The number of amides is 2. The van der Waals surface area contributed by atoms with Crippen molar-refractivity contribution >= 4 is 11.8 Å². The summed E-state index contributed by atoms with van der Waals surface area (Å²) in [4.78, 5) is 24.1. The minimum atomic E-state index is -1.10. The van der Waals surface area contributed by atoms with Gasteiger partial charge in [0.1, 0.15) is 6.04 Å². The molecule has 0 unspecified atom stereocenters. The third-order valence-electron chi connectivity index (χ3n) is 4.78. The van der Waals surface area contributed by atoms with E-state index in [1.54, 1.807) is 38.1 Å². The highest BCUT2D eigenvalue weighted by Crippen LogP contribution is 2.23. The SMILES string of the molecule is CC(C)(N)[C@H](NC(=O)c1ccc(C#CC#CC2CCC(O)CC2)cc1)C(=O)NO. The number of benzene rings is 1. The topological polar surface area (TPSA) is 125 Å². The van der Waals surface area contributed by atoms with Gasteiger partial charge in [-0.15, -0.1) is 0 Å². The summed E-state index contributed by atoms with van der Waals surface area (Å²) in [7, 11) is 0. The Balaban J connectivity index is 1.98. The molecule has 0 saturated heterocycles. The van der Waals surface area contributed by atoms with Crippen LogP contribution in [0.25, 0.3) is 0 Å². The van der Waals surface area contributed by atoms with Crippen molar-refractivity contribution in [3.8, 4) is 23.7 Å². The van der Waals surface area contributed by atoms with Crippen molar-refractivity contribution in [1.82, 2.24) is 10.8 Å². The number of rotatable bonds is 4. The van der Waals surface area contributed by atoms with Crippen LogP contribution in [0.2, 0.25) is 0 Å². The highest BCUT2D eigenvalue weighted by atomic mass is 16.5. The largest absolute Gasteiger partial charge is 0.393 e. The maximum Gasteiger partial charge on any atom is 0.267 e. The molecule has 1 fully saturated rings. The second-order valence-electron chi connectivity index (χ2n) is 7.81. The van der Waals surface area contributed by atoms with Gasteiger partial charge in [-0.2, -0.15) is 0 Å². The van der Waals surface area contributed by atoms with E-state index in [1.807, 2.05) is 0 Å². The van der Waals surface area contributed by atoms with Gasteiger partial charge in [0, 0.05) is 22.6 Å². The second kappa shape index (κ2) is 10.1. The Morgan fingerprint density at radius 1 is 1.14 bits per heavy atom. The lowest BCUT2D eigenvalue weighted by Gasteiger charge is -2.29. The summed E-state index contributed by atoms with van der Waals surface area (Å²) in [6.45, 7) is 3.14. The summed E-state index contributed by atoms with van der Waals surface area (Å²) in [6.07, 6.45) is 3.18. The van der Waals surface area contributed by atoms with Gasteiger partial charge >= 0.3 is 0 Å². The van der Waals surface area contributed by atoms with Crippen molar-refractivity contribution in [2.24, 2.45) is 11.7 Å². The van der Waals surface area contributed by atoms with E-state index in [0.29, 0.717) is 11.1 Å². The van der Waals surface area contributed by atoms with Gasteiger partial charge in [-0.1, -0.05) is 11.8 Å². The summed E-state index contributed by atoms with van der Waals surface area (Å²) in [5.74, 6) is 10.7. The minimum Gasteiger partial charge on any atom is -0.393 e. The fraction of sp³-hybridized carbons (Fsp3) is 0.455. The Labute approximate surface area is 171 Å². The molecule has 0 heterocycles. The number of nitrogens with one attached hydrogen (secondary N) is 2. The van der Waals surface area contributed by atoms with Gasteiger partial charge in [-0.3, -0.25) is 14.8 Å². The van der Waals surface area contributed by atoms with Crippen LogP contribution in [0.15, 0.2) is 24.3 Å². The van der Waals surface area contributed by atoms with Crippen LogP contribution in [0.4, 0.5) is 0 Å². The lowest BCUT2D eigenvalue weighted by Crippen LogP contribution is -2.61. The first-order chi connectivity index (χ1) is 13.7. The van der Waals surface area contributed by atoms with E-state index in [-0.39, 0.29) is 12.0 Å². The van der Waals surface area contributed by atoms with E-state index < -0.39 is 23.4 Å². The molecule has 0 bridgehead atoms. The lowest BCUT2D eigenvalue weighted by atomic mass is 9.88. The first kappa shape index (κ1) is 22.4. The Morgan fingerprint density at radius 3 is 2.31 bits per heavy atom. The molecule has 1 aliphatic carbocycles. The van der Waals surface area contributed by atoms with Gasteiger partial charge in [0.05, 0.1) is 6.10 Å². The fourth-order valence-corrected chi connectivity index (χ4v) is 3.04. The first-order valence-electron chi connectivity index (χ1n) is 9.54. The molecule has 0 aliphatic heterocycles. The Hall–Kier alpha value is -2.84. The molecule has 0 radical (unpaired) electrons. The normalized spacial score (nSPS) is 19.6. The van der Waals surface area contributed by atoms with Crippen LogP contribution in [0.1, 0.15) is 55.5 Å². The Morgan fingerprint density at radius 2 is 1.76 bits per heavy atom. The van der Waals surface area contributed by atoms with E-state index >= 15 is 0 Å². The lowest BCUT2D eigenvalue weighted by molar-refractivity contribution is -0.132. The van der Waals surface area contributed by atoms with Gasteiger partial charge in [0.25, 0.3) is 11.8 Å². The number of hydroxylamine groups is 1. The number of hydrogen-bond acceptors (Lipinski definition) is 5. The van der Waals surface area contributed by atoms with E-state index in [1.165, 1.54) is 5.48 Å². The van der Waals surface area contributed by atoms with Crippen molar-refractivity contribution in [2.75, 3.05) is 0 Å². The maximum atomic E-state index is 12.4. The van der Waals surface area contributed by atoms with Crippen LogP contribution in [-0.4, -0.2) is 39.8 Å². The Bertz CT molecular complexity index is 843. The summed E-state index contributed by atoms with van der Waals surface area (Å²) >= 11 is 0. The highest BCUT2D eigenvalue weighted by molar-refractivity contribution is 5.97. The number of nitrogens with two attached hydrogens (primary N) is 1. The average molecular weight is 397 g/mol. The summed E-state index contributed by atoms with van der Waals surface area (Å²) in [6, 6.07) is 5.46. The molecule has 1 atom stereocenters. The number of aliphatic hydroxyl groups is 1. The zero-order valence-corrected chi connectivity index (χ0v) is 16.7. The van der Waals surface area contributed by atoms with Gasteiger partial charge in [-0.25, -0.2) is 5.48 Å². The van der Waals surface area contributed by atoms with Gasteiger partial charge < -0.3 is 16.2 Å². The number of hydrogen-bond donors (Lipinski definition) is 5. The zero-order chi connectivity index (χ0) is 21.4. The molecule has 154 valence electrons. The molecule has 2 rings (SSSR count). The van der Waals surface area contributed by atoms with Crippen molar-refractivity contribution in [2.45, 2.75) is 57.2 Å². The van der Waals surface area contributed by atoms with Gasteiger partial charge in [-0.05, 0) is 75.6 Å². The first-order valence-corrected chi connectivity index (χ1v) is 9.54. The van der Waals surface area contributed by atoms with Crippen LogP contribution in [0, 0.1) is 29.6 Å². The molecule has 7 nitrogen and oxygen atoms in total. The van der Waals surface area contributed by atoms with Crippen molar-refractivity contribution < 1.29 is 19.9 Å². The molecule has 6 N–H and O–H groups in total. The third kappa shape index (κ3) is 6.92. The molecule has 0 spiro atoms. The maximum absolute atomic E-state index is 12.4. The van der Waals surface area contributed by atoms with E-state index in [9.17, 15) is 14.7 Å². The zero-order valence-electron chi connectivity index (χ0n) is 16.7. The number of carbonyl (C=O) groups excluding carboxylic acids is 2. The molecular formula is C22H27N3O4. The minimum absolute atomic E-state index is 0.195. The molecule has 2 amide bonds. The third-order valence-corrected chi connectivity index (χ3v) is 4.78. The molecule has 29 heavy (non-hydrogen) atoms. The quantitative estimate of drug-likeness (QED) is 0.294. The van der Waals surface area contributed by atoms with Gasteiger partial charge in [0.15, 0.2) is 0 Å². The van der Waals surface area contributed by atoms with Crippen LogP contribution in [0.5, 0.6) is 0 Å². The van der Waals surface area contributed by atoms with Crippen LogP contribution in [0.3, 0.4) is 0 Å².